The summed E-state index contributed by atoms with van der Waals surface area (Å²) in [6, 6.07) is 0. The van der Waals surface area contributed by atoms with Crippen LogP contribution in [0.15, 0.2) is 5.38 Å². The summed E-state index contributed by atoms with van der Waals surface area (Å²) in [5, 5.41) is 3.52. The molecule has 0 aliphatic heterocycles. The van der Waals surface area contributed by atoms with E-state index < -0.39 is 0 Å². The van der Waals surface area contributed by atoms with E-state index in [9.17, 15) is 0 Å². The summed E-state index contributed by atoms with van der Waals surface area (Å²) in [5.41, 5.74) is 1.28. The van der Waals surface area contributed by atoms with Gasteiger partial charge in [0.25, 0.3) is 0 Å². The molecule has 0 aliphatic rings. The Balaban J connectivity index is 2.39. The van der Waals surface area contributed by atoms with Gasteiger partial charge in [0.2, 0.25) is 0 Å². The molecule has 0 aliphatic carbocycles. The molecule has 0 amide bonds. The van der Waals surface area contributed by atoms with E-state index in [4.69, 9.17) is 0 Å². The zero-order valence-corrected chi connectivity index (χ0v) is 9.66. The minimum atomic E-state index is 0.790. The predicted molar refractivity (Wildman–Crippen MR) is 59.3 cm³/mol. The second-order valence-electron chi connectivity index (χ2n) is 3.92. The summed E-state index contributed by atoms with van der Waals surface area (Å²) in [6.07, 6.45) is 4.76. The predicted octanol–water partition coefficient (Wildman–Crippen LogP) is 3.68. The minimum absolute atomic E-state index is 0.790. The van der Waals surface area contributed by atoms with E-state index in [1.165, 1.54) is 23.5 Å². The van der Waals surface area contributed by atoms with Crippen molar-refractivity contribution >= 4 is 11.3 Å². The highest BCUT2D eigenvalue weighted by Gasteiger charge is 2.02. The van der Waals surface area contributed by atoms with Crippen LogP contribution in [-0.2, 0) is 12.8 Å². The molecule has 1 aromatic rings. The fourth-order valence-electron chi connectivity index (χ4n) is 1.25. The van der Waals surface area contributed by atoms with Gasteiger partial charge >= 0.3 is 0 Å². The number of hydrogen-bond acceptors (Lipinski definition) is 2. The van der Waals surface area contributed by atoms with Crippen LogP contribution in [0.1, 0.15) is 44.3 Å². The molecule has 1 aromatic heterocycles. The molecule has 0 atom stereocenters. The molecule has 0 fully saturated rings. The van der Waals surface area contributed by atoms with Crippen molar-refractivity contribution in [2.24, 2.45) is 5.92 Å². The molecule has 0 spiro atoms. The van der Waals surface area contributed by atoms with Crippen molar-refractivity contribution in [3.8, 4) is 0 Å². The van der Waals surface area contributed by atoms with Crippen molar-refractivity contribution in [1.82, 2.24) is 4.98 Å². The number of rotatable bonds is 5. The maximum atomic E-state index is 4.59. The first kappa shape index (κ1) is 10.7. The van der Waals surface area contributed by atoms with Gasteiger partial charge in [0.1, 0.15) is 0 Å². The van der Waals surface area contributed by atoms with Crippen LogP contribution >= 0.6 is 11.3 Å². The van der Waals surface area contributed by atoms with Gasteiger partial charge in [-0.3, -0.25) is 0 Å². The van der Waals surface area contributed by atoms with Crippen LogP contribution in [-0.4, -0.2) is 4.98 Å². The molecule has 13 heavy (non-hydrogen) atoms. The fraction of sp³-hybridized carbons (Fsp3) is 0.727. The van der Waals surface area contributed by atoms with Crippen LogP contribution in [0.2, 0.25) is 0 Å². The molecule has 1 rings (SSSR count). The summed E-state index contributed by atoms with van der Waals surface area (Å²) in [7, 11) is 0. The van der Waals surface area contributed by atoms with Gasteiger partial charge in [0.15, 0.2) is 0 Å². The second-order valence-corrected chi connectivity index (χ2v) is 4.86. The third-order valence-corrected chi connectivity index (χ3v) is 3.00. The number of nitrogens with zero attached hydrogens (tertiary/aromatic N) is 1. The lowest BCUT2D eigenvalue weighted by Gasteiger charge is -2.00. The van der Waals surface area contributed by atoms with Crippen molar-refractivity contribution in [3.05, 3.63) is 16.1 Å². The van der Waals surface area contributed by atoms with Crippen molar-refractivity contribution < 1.29 is 0 Å². The van der Waals surface area contributed by atoms with Crippen LogP contribution in [0.3, 0.4) is 0 Å². The van der Waals surface area contributed by atoms with Crippen LogP contribution < -0.4 is 0 Å². The van der Waals surface area contributed by atoms with Crippen molar-refractivity contribution in [3.63, 3.8) is 0 Å². The molecule has 2 heteroatoms. The van der Waals surface area contributed by atoms with Crippen LogP contribution in [0.4, 0.5) is 0 Å². The fourth-order valence-corrected chi connectivity index (χ4v) is 2.10. The molecule has 1 heterocycles. The van der Waals surface area contributed by atoms with Gasteiger partial charge in [-0.05, 0) is 25.2 Å². The van der Waals surface area contributed by atoms with Crippen molar-refractivity contribution in [1.29, 1.82) is 0 Å². The quantitative estimate of drug-likeness (QED) is 0.701. The standard InChI is InChI=1S/C11H19NS/c1-4-5-10-8-13-11(12-10)7-6-9(2)3/h8-9H,4-7H2,1-3H3. The summed E-state index contributed by atoms with van der Waals surface area (Å²) >= 11 is 1.82. The Morgan fingerprint density at radius 1 is 1.38 bits per heavy atom. The molecule has 74 valence electrons. The Labute approximate surface area is 85.2 Å². The molecule has 0 aromatic carbocycles. The van der Waals surface area contributed by atoms with Crippen LogP contribution in [0, 0.1) is 5.92 Å². The van der Waals surface area contributed by atoms with Crippen molar-refractivity contribution in [2.75, 3.05) is 0 Å². The van der Waals surface area contributed by atoms with E-state index in [1.54, 1.807) is 0 Å². The second kappa shape index (κ2) is 5.38. The average molecular weight is 197 g/mol. The Bertz CT molecular complexity index is 240. The van der Waals surface area contributed by atoms with Gasteiger partial charge in [-0.1, -0.05) is 27.2 Å². The smallest absolute Gasteiger partial charge is 0.0928 e. The Hall–Kier alpha value is -0.370. The van der Waals surface area contributed by atoms with E-state index in [-0.39, 0.29) is 0 Å². The first-order chi connectivity index (χ1) is 6.22. The molecular formula is C11H19NS. The third kappa shape index (κ3) is 3.90. The van der Waals surface area contributed by atoms with E-state index in [0.29, 0.717) is 0 Å². The lowest BCUT2D eigenvalue weighted by atomic mass is 10.1. The number of hydrogen-bond donors (Lipinski definition) is 0. The first-order valence-corrected chi connectivity index (χ1v) is 6.03. The molecular weight excluding hydrogens is 178 g/mol. The van der Waals surface area contributed by atoms with E-state index in [1.807, 2.05) is 11.3 Å². The number of thiazole rings is 1. The zero-order chi connectivity index (χ0) is 9.68. The van der Waals surface area contributed by atoms with Gasteiger partial charge in [-0.2, -0.15) is 0 Å². The van der Waals surface area contributed by atoms with E-state index in [0.717, 1.165) is 18.8 Å². The number of aryl methyl sites for hydroxylation is 2. The lowest BCUT2D eigenvalue weighted by molar-refractivity contribution is 0.585. The highest BCUT2D eigenvalue weighted by atomic mass is 32.1. The minimum Gasteiger partial charge on any atom is -0.246 e. The Morgan fingerprint density at radius 3 is 2.77 bits per heavy atom. The van der Waals surface area contributed by atoms with Gasteiger partial charge in [-0.25, -0.2) is 4.98 Å². The summed E-state index contributed by atoms with van der Waals surface area (Å²) in [5.74, 6) is 0.790. The molecule has 0 unspecified atom stereocenters. The maximum absolute atomic E-state index is 4.59. The average Bonchev–Trinajstić information content (AvgIpc) is 2.50. The normalized spacial score (nSPS) is 11.1. The van der Waals surface area contributed by atoms with Gasteiger partial charge in [0.05, 0.1) is 10.7 Å². The summed E-state index contributed by atoms with van der Waals surface area (Å²) < 4.78 is 0. The van der Waals surface area contributed by atoms with Crippen LogP contribution in [0.25, 0.3) is 0 Å². The zero-order valence-electron chi connectivity index (χ0n) is 8.84. The first-order valence-electron chi connectivity index (χ1n) is 5.15. The van der Waals surface area contributed by atoms with E-state index in [2.05, 4.69) is 31.1 Å². The summed E-state index contributed by atoms with van der Waals surface area (Å²) in [4.78, 5) is 4.59. The third-order valence-electron chi connectivity index (χ3n) is 2.04. The monoisotopic (exact) mass is 197 g/mol. The molecule has 0 radical (unpaired) electrons. The lowest BCUT2D eigenvalue weighted by Crippen LogP contribution is -1.92. The Morgan fingerprint density at radius 2 is 2.15 bits per heavy atom. The van der Waals surface area contributed by atoms with Crippen molar-refractivity contribution in [2.45, 2.75) is 46.5 Å². The largest absolute Gasteiger partial charge is 0.246 e. The number of aromatic nitrogens is 1. The summed E-state index contributed by atoms with van der Waals surface area (Å²) in [6.45, 7) is 6.73. The van der Waals surface area contributed by atoms with E-state index >= 15 is 0 Å². The highest BCUT2D eigenvalue weighted by Crippen LogP contribution is 2.15. The van der Waals surface area contributed by atoms with Crippen LogP contribution in [0.5, 0.6) is 0 Å². The topological polar surface area (TPSA) is 12.9 Å². The van der Waals surface area contributed by atoms with Gasteiger partial charge in [-0.15, -0.1) is 11.3 Å². The highest BCUT2D eigenvalue weighted by molar-refractivity contribution is 7.09. The SMILES string of the molecule is CCCc1csc(CCC(C)C)n1. The van der Waals surface area contributed by atoms with Gasteiger partial charge in [0, 0.05) is 5.38 Å². The molecule has 0 bridgehead atoms. The molecule has 0 N–H and O–H groups in total. The molecule has 1 nitrogen and oxygen atoms in total. The van der Waals surface area contributed by atoms with Gasteiger partial charge < -0.3 is 0 Å². The molecule has 0 saturated carbocycles. The Kier molecular flexibility index (Phi) is 4.43. The maximum Gasteiger partial charge on any atom is 0.0928 e. The molecule has 0 saturated heterocycles.